The molecular weight excluding hydrogens is 216 g/mol. The number of hydrogen-bond acceptors (Lipinski definition) is 3. The van der Waals surface area contributed by atoms with Crippen molar-refractivity contribution in [3.05, 3.63) is 6.92 Å². The zero-order valence-electron chi connectivity index (χ0n) is 10.5. The number of esters is 1. The van der Waals surface area contributed by atoms with E-state index in [-0.39, 0.29) is 28.8 Å². The average Bonchev–Trinajstić information content (AvgIpc) is 2.24. The Bertz CT molecular complexity index is 366. The summed E-state index contributed by atoms with van der Waals surface area (Å²) in [6, 6.07) is 0. The normalized spacial score (nSPS) is 51.6. The zero-order chi connectivity index (χ0) is 12.3. The molecule has 3 nitrogen and oxygen atoms in total. The van der Waals surface area contributed by atoms with Gasteiger partial charge < -0.3 is 9.84 Å². The van der Waals surface area contributed by atoms with E-state index in [1.807, 2.05) is 0 Å². The van der Waals surface area contributed by atoms with E-state index in [4.69, 9.17) is 4.74 Å². The van der Waals surface area contributed by atoms with Crippen molar-refractivity contribution in [3.63, 3.8) is 0 Å². The molecule has 0 aliphatic heterocycles. The highest BCUT2D eigenvalue weighted by atomic mass is 16.5. The fraction of sp³-hybridized carbons (Fsp3) is 0.857. The van der Waals surface area contributed by atoms with E-state index in [0.29, 0.717) is 5.92 Å². The maximum atomic E-state index is 12.1. The molecule has 4 aliphatic rings. The molecule has 17 heavy (non-hydrogen) atoms. The molecule has 4 atom stereocenters. The Labute approximate surface area is 103 Å². The predicted octanol–water partition coefficient (Wildman–Crippen LogP) is 1.94. The van der Waals surface area contributed by atoms with E-state index in [1.54, 1.807) is 0 Å². The maximum Gasteiger partial charge on any atom is 0.311 e. The van der Waals surface area contributed by atoms with Crippen molar-refractivity contribution in [1.82, 2.24) is 0 Å². The highest BCUT2D eigenvalue weighted by Crippen LogP contribution is 2.69. The van der Waals surface area contributed by atoms with Crippen LogP contribution in [0.4, 0.5) is 0 Å². The van der Waals surface area contributed by atoms with Gasteiger partial charge in [0.25, 0.3) is 0 Å². The summed E-state index contributed by atoms with van der Waals surface area (Å²) >= 11 is 0. The van der Waals surface area contributed by atoms with E-state index in [1.165, 1.54) is 7.11 Å². The lowest BCUT2D eigenvalue weighted by atomic mass is 9.40. The molecule has 4 aliphatic carbocycles. The molecule has 4 rings (SSSR count). The third kappa shape index (κ3) is 1.48. The predicted molar refractivity (Wildman–Crippen MR) is 62.9 cm³/mol. The number of hydrogen-bond donors (Lipinski definition) is 1. The Morgan fingerprint density at radius 1 is 1.35 bits per heavy atom. The summed E-state index contributed by atoms with van der Waals surface area (Å²) in [6.07, 6.45) is 5.76. The number of carbonyl (C=O) groups excluding carboxylic acids is 1. The van der Waals surface area contributed by atoms with Crippen LogP contribution in [0, 0.1) is 29.1 Å². The molecule has 1 N–H and O–H groups in total. The first-order valence-corrected chi connectivity index (χ1v) is 6.50. The molecule has 4 fully saturated rings. The number of aliphatic hydroxyl groups excluding tert-OH is 1. The first-order valence-electron chi connectivity index (χ1n) is 6.50. The Balaban J connectivity index is 2.01. The second-order valence-electron chi connectivity index (χ2n) is 6.94. The lowest BCUT2D eigenvalue weighted by molar-refractivity contribution is -0.192. The minimum Gasteiger partial charge on any atom is -0.469 e. The van der Waals surface area contributed by atoms with Gasteiger partial charge in [-0.15, -0.1) is 0 Å². The van der Waals surface area contributed by atoms with Gasteiger partial charge in [-0.25, -0.2) is 0 Å². The van der Waals surface area contributed by atoms with Gasteiger partial charge in [0, 0.05) is 6.61 Å². The molecule has 0 spiro atoms. The van der Waals surface area contributed by atoms with Gasteiger partial charge in [0.1, 0.15) is 0 Å². The summed E-state index contributed by atoms with van der Waals surface area (Å²) in [5.74, 6) is 0.474. The van der Waals surface area contributed by atoms with Crippen molar-refractivity contribution in [1.29, 1.82) is 0 Å². The first kappa shape index (κ1) is 11.5. The van der Waals surface area contributed by atoms with Crippen LogP contribution in [0.15, 0.2) is 0 Å². The Hall–Kier alpha value is -0.570. The van der Waals surface area contributed by atoms with Crippen molar-refractivity contribution in [2.75, 3.05) is 13.7 Å². The van der Waals surface area contributed by atoms with Crippen molar-refractivity contribution in [2.45, 2.75) is 38.5 Å². The van der Waals surface area contributed by atoms with Gasteiger partial charge in [0.15, 0.2) is 0 Å². The number of carbonyl (C=O) groups is 1. The van der Waals surface area contributed by atoms with Crippen LogP contribution in [0.25, 0.3) is 0 Å². The summed E-state index contributed by atoms with van der Waals surface area (Å²) in [5.41, 5.74) is -0.412. The van der Waals surface area contributed by atoms with Gasteiger partial charge in [-0.2, -0.15) is 0 Å². The van der Waals surface area contributed by atoms with Crippen LogP contribution in [-0.2, 0) is 9.53 Å². The first-order chi connectivity index (χ1) is 7.95. The standard InChI is InChI=1S/C14H21O3/c1-12-3-10-4-13(6-12,9-15)8-14(5-10,7-12)11(16)17-2/h10,15H,1,3-9H2,2H3. The Morgan fingerprint density at radius 2 is 2.12 bits per heavy atom. The van der Waals surface area contributed by atoms with Gasteiger partial charge in [-0.05, 0) is 62.2 Å². The van der Waals surface area contributed by atoms with Gasteiger partial charge in [0.2, 0.25) is 0 Å². The SMILES string of the molecule is [CH2]C12CC3CC(CO)(C1)CC(C(=O)OC)(C3)C2. The van der Waals surface area contributed by atoms with Crippen LogP contribution in [0.1, 0.15) is 38.5 Å². The zero-order valence-corrected chi connectivity index (χ0v) is 10.5. The quantitative estimate of drug-likeness (QED) is 0.747. The summed E-state index contributed by atoms with van der Waals surface area (Å²) < 4.78 is 5.02. The number of methoxy groups -OCH3 is 1. The lowest BCUT2D eigenvalue weighted by Crippen LogP contribution is -2.59. The van der Waals surface area contributed by atoms with E-state index >= 15 is 0 Å². The fourth-order valence-electron chi connectivity index (χ4n) is 5.47. The van der Waals surface area contributed by atoms with Crippen LogP contribution in [0.5, 0.6) is 0 Å². The van der Waals surface area contributed by atoms with Crippen molar-refractivity contribution in [2.24, 2.45) is 22.2 Å². The number of rotatable bonds is 2. The van der Waals surface area contributed by atoms with E-state index in [0.717, 1.165) is 38.5 Å². The Kier molecular flexibility index (Phi) is 2.20. The topological polar surface area (TPSA) is 46.5 Å². The molecule has 1 radical (unpaired) electrons. The van der Waals surface area contributed by atoms with Crippen molar-refractivity contribution >= 4 is 5.97 Å². The van der Waals surface area contributed by atoms with Crippen molar-refractivity contribution < 1.29 is 14.6 Å². The smallest absolute Gasteiger partial charge is 0.311 e. The fourth-order valence-corrected chi connectivity index (χ4v) is 5.47. The molecule has 0 saturated heterocycles. The minimum absolute atomic E-state index is 0.00363. The number of ether oxygens (including phenoxy) is 1. The highest BCUT2D eigenvalue weighted by molar-refractivity contribution is 5.77. The third-order valence-electron chi connectivity index (χ3n) is 5.25. The minimum atomic E-state index is -0.349. The summed E-state index contributed by atoms with van der Waals surface area (Å²) in [7, 11) is 1.47. The van der Waals surface area contributed by atoms with Crippen molar-refractivity contribution in [3.8, 4) is 0 Å². The number of aliphatic hydroxyl groups is 1. The maximum absolute atomic E-state index is 12.1. The monoisotopic (exact) mass is 237 g/mol. The molecular formula is C14H21O3. The van der Waals surface area contributed by atoms with E-state index in [2.05, 4.69) is 6.92 Å². The molecule has 4 saturated carbocycles. The van der Waals surface area contributed by atoms with Gasteiger partial charge in [0.05, 0.1) is 12.5 Å². The van der Waals surface area contributed by atoms with Crippen LogP contribution >= 0.6 is 0 Å². The third-order valence-corrected chi connectivity index (χ3v) is 5.25. The second kappa shape index (κ2) is 3.25. The molecule has 0 aromatic carbocycles. The summed E-state index contributed by atoms with van der Waals surface area (Å²) in [4.78, 5) is 12.1. The molecule has 3 heteroatoms. The average molecular weight is 237 g/mol. The Morgan fingerprint density at radius 3 is 2.71 bits per heavy atom. The van der Waals surface area contributed by atoms with E-state index < -0.39 is 0 Å². The van der Waals surface area contributed by atoms with Gasteiger partial charge in [-0.3, -0.25) is 4.79 Å². The molecule has 0 aromatic heterocycles. The van der Waals surface area contributed by atoms with E-state index in [9.17, 15) is 9.90 Å². The van der Waals surface area contributed by atoms with Crippen LogP contribution in [0.2, 0.25) is 0 Å². The molecule has 0 heterocycles. The van der Waals surface area contributed by atoms with Crippen LogP contribution < -0.4 is 0 Å². The lowest BCUT2D eigenvalue weighted by Gasteiger charge is -2.64. The molecule has 95 valence electrons. The van der Waals surface area contributed by atoms with Crippen LogP contribution in [-0.4, -0.2) is 24.8 Å². The summed E-state index contributed by atoms with van der Waals surface area (Å²) in [6.45, 7) is 4.56. The molecule has 4 unspecified atom stereocenters. The van der Waals surface area contributed by atoms with Gasteiger partial charge in [-0.1, -0.05) is 0 Å². The largest absolute Gasteiger partial charge is 0.469 e. The highest BCUT2D eigenvalue weighted by Gasteiger charge is 2.64. The molecule has 0 amide bonds. The van der Waals surface area contributed by atoms with Crippen LogP contribution in [0.3, 0.4) is 0 Å². The molecule has 4 bridgehead atoms. The second-order valence-corrected chi connectivity index (χ2v) is 6.94. The molecule has 0 aromatic rings. The van der Waals surface area contributed by atoms with Gasteiger partial charge >= 0.3 is 5.97 Å². The summed E-state index contributed by atoms with van der Waals surface area (Å²) in [5, 5.41) is 9.74.